The Balaban J connectivity index is 1.49. The first-order valence-corrected chi connectivity index (χ1v) is 8.28. The van der Waals surface area contributed by atoms with Crippen LogP contribution in [0.3, 0.4) is 0 Å². The zero-order valence-electron chi connectivity index (χ0n) is 14.5. The summed E-state index contributed by atoms with van der Waals surface area (Å²) in [5, 5.41) is 7.91. The number of fused-ring (bicyclic) bond motifs is 1. The SMILES string of the molecule is CN=C(NCCc1c[nH]c2ccccc12)NCc1ccc(OC)nc1. The van der Waals surface area contributed by atoms with Crippen molar-refractivity contribution in [1.82, 2.24) is 20.6 Å². The van der Waals surface area contributed by atoms with Crippen LogP contribution in [0.5, 0.6) is 5.88 Å². The van der Waals surface area contributed by atoms with Gasteiger partial charge in [-0.2, -0.15) is 0 Å². The molecule has 0 bridgehead atoms. The highest BCUT2D eigenvalue weighted by Crippen LogP contribution is 2.17. The number of pyridine rings is 1. The Morgan fingerprint density at radius 3 is 2.84 bits per heavy atom. The lowest BCUT2D eigenvalue weighted by atomic mass is 10.1. The summed E-state index contributed by atoms with van der Waals surface area (Å²) in [4.78, 5) is 11.8. The maximum atomic E-state index is 5.06. The van der Waals surface area contributed by atoms with Gasteiger partial charge in [0.25, 0.3) is 0 Å². The third kappa shape index (κ3) is 4.29. The molecule has 1 aromatic carbocycles. The number of aliphatic imine (C=N–C) groups is 1. The summed E-state index contributed by atoms with van der Waals surface area (Å²) >= 11 is 0. The van der Waals surface area contributed by atoms with Crippen molar-refractivity contribution in [3.05, 3.63) is 59.9 Å². The predicted octanol–water partition coefficient (Wildman–Crippen LogP) is 2.48. The molecule has 3 rings (SSSR count). The van der Waals surface area contributed by atoms with Crippen LogP contribution in [0.4, 0.5) is 0 Å². The predicted molar refractivity (Wildman–Crippen MR) is 101 cm³/mol. The van der Waals surface area contributed by atoms with Crippen molar-refractivity contribution in [3.63, 3.8) is 0 Å². The van der Waals surface area contributed by atoms with Crippen LogP contribution in [-0.4, -0.2) is 36.6 Å². The van der Waals surface area contributed by atoms with Crippen LogP contribution in [0.15, 0.2) is 53.8 Å². The van der Waals surface area contributed by atoms with E-state index in [9.17, 15) is 0 Å². The molecule has 130 valence electrons. The summed E-state index contributed by atoms with van der Waals surface area (Å²) in [6.45, 7) is 1.46. The highest BCUT2D eigenvalue weighted by molar-refractivity contribution is 5.83. The Morgan fingerprint density at radius 2 is 2.08 bits per heavy atom. The molecule has 6 heteroatoms. The zero-order chi connectivity index (χ0) is 17.5. The number of nitrogens with one attached hydrogen (secondary N) is 3. The molecule has 0 aliphatic heterocycles. The van der Waals surface area contributed by atoms with Gasteiger partial charge in [-0.3, -0.25) is 4.99 Å². The molecule has 0 saturated carbocycles. The van der Waals surface area contributed by atoms with Gasteiger partial charge in [-0.25, -0.2) is 4.98 Å². The van der Waals surface area contributed by atoms with E-state index in [0.717, 1.165) is 24.5 Å². The summed E-state index contributed by atoms with van der Waals surface area (Å²) in [5.74, 6) is 1.39. The molecule has 0 radical (unpaired) electrons. The van der Waals surface area contributed by atoms with Crippen LogP contribution < -0.4 is 15.4 Å². The molecule has 3 N–H and O–H groups in total. The molecule has 3 aromatic rings. The van der Waals surface area contributed by atoms with E-state index < -0.39 is 0 Å². The number of H-pyrrole nitrogens is 1. The molecule has 0 spiro atoms. The molecule has 0 saturated heterocycles. The average Bonchev–Trinajstić information content (AvgIpc) is 3.08. The van der Waals surface area contributed by atoms with Crippen molar-refractivity contribution in [2.24, 2.45) is 4.99 Å². The lowest BCUT2D eigenvalue weighted by Gasteiger charge is -2.12. The molecular weight excluding hydrogens is 314 g/mol. The molecule has 2 heterocycles. The molecule has 0 fully saturated rings. The van der Waals surface area contributed by atoms with Crippen LogP contribution in [-0.2, 0) is 13.0 Å². The number of hydrogen-bond donors (Lipinski definition) is 3. The Labute approximate surface area is 147 Å². The van der Waals surface area contributed by atoms with Crippen molar-refractivity contribution in [2.75, 3.05) is 20.7 Å². The van der Waals surface area contributed by atoms with Crippen LogP contribution >= 0.6 is 0 Å². The van der Waals surface area contributed by atoms with E-state index in [-0.39, 0.29) is 0 Å². The third-order valence-electron chi connectivity index (χ3n) is 4.05. The Kier molecular flexibility index (Phi) is 5.51. The van der Waals surface area contributed by atoms with Gasteiger partial charge >= 0.3 is 0 Å². The smallest absolute Gasteiger partial charge is 0.212 e. The van der Waals surface area contributed by atoms with Gasteiger partial charge in [-0.1, -0.05) is 24.3 Å². The fourth-order valence-corrected chi connectivity index (χ4v) is 2.70. The van der Waals surface area contributed by atoms with E-state index in [2.05, 4.69) is 50.0 Å². The molecule has 6 nitrogen and oxygen atoms in total. The average molecular weight is 337 g/mol. The Morgan fingerprint density at radius 1 is 1.20 bits per heavy atom. The number of aromatic nitrogens is 2. The topological polar surface area (TPSA) is 74.3 Å². The second-order valence-electron chi connectivity index (χ2n) is 5.67. The lowest BCUT2D eigenvalue weighted by molar-refractivity contribution is 0.397. The number of benzene rings is 1. The summed E-state index contributed by atoms with van der Waals surface area (Å²) in [6, 6.07) is 12.2. The van der Waals surface area contributed by atoms with Crippen LogP contribution in [0, 0.1) is 0 Å². The van der Waals surface area contributed by atoms with Gasteiger partial charge in [0, 0.05) is 49.5 Å². The van der Waals surface area contributed by atoms with E-state index >= 15 is 0 Å². The van der Waals surface area contributed by atoms with E-state index in [1.54, 1.807) is 20.4 Å². The van der Waals surface area contributed by atoms with Gasteiger partial charge in [0.1, 0.15) is 0 Å². The van der Waals surface area contributed by atoms with Crippen molar-refractivity contribution in [2.45, 2.75) is 13.0 Å². The molecule has 2 aromatic heterocycles. The maximum absolute atomic E-state index is 5.06. The normalized spacial score (nSPS) is 11.5. The van der Waals surface area contributed by atoms with E-state index in [1.807, 2.05) is 18.2 Å². The number of hydrogen-bond acceptors (Lipinski definition) is 3. The van der Waals surface area contributed by atoms with Crippen LogP contribution in [0.2, 0.25) is 0 Å². The van der Waals surface area contributed by atoms with Crippen molar-refractivity contribution < 1.29 is 4.74 Å². The highest BCUT2D eigenvalue weighted by Gasteiger charge is 2.04. The largest absolute Gasteiger partial charge is 0.481 e. The molecule has 0 unspecified atom stereocenters. The van der Waals surface area contributed by atoms with Gasteiger partial charge in [0.05, 0.1) is 7.11 Å². The number of nitrogens with zero attached hydrogens (tertiary/aromatic N) is 2. The lowest BCUT2D eigenvalue weighted by Crippen LogP contribution is -2.37. The molecule has 0 amide bonds. The number of ether oxygens (including phenoxy) is 1. The third-order valence-corrected chi connectivity index (χ3v) is 4.05. The van der Waals surface area contributed by atoms with Gasteiger partial charge in [0.2, 0.25) is 5.88 Å². The first kappa shape index (κ1) is 16.8. The van der Waals surface area contributed by atoms with E-state index in [0.29, 0.717) is 12.4 Å². The number of methoxy groups -OCH3 is 1. The fourth-order valence-electron chi connectivity index (χ4n) is 2.70. The van der Waals surface area contributed by atoms with Crippen LogP contribution in [0.25, 0.3) is 10.9 Å². The number of aromatic amines is 1. The van der Waals surface area contributed by atoms with Gasteiger partial charge in [-0.15, -0.1) is 0 Å². The summed E-state index contributed by atoms with van der Waals surface area (Å²) < 4.78 is 5.06. The number of rotatable bonds is 6. The second-order valence-corrected chi connectivity index (χ2v) is 5.67. The molecule has 0 atom stereocenters. The zero-order valence-corrected chi connectivity index (χ0v) is 14.5. The summed E-state index contributed by atoms with van der Waals surface area (Å²) in [7, 11) is 3.38. The maximum Gasteiger partial charge on any atom is 0.212 e. The minimum absolute atomic E-state index is 0.616. The van der Waals surface area contributed by atoms with Gasteiger partial charge in [-0.05, 0) is 23.6 Å². The molecule has 0 aliphatic rings. The van der Waals surface area contributed by atoms with Crippen molar-refractivity contribution >= 4 is 16.9 Å². The number of guanidine groups is 1. The second kappa shape index (κ2) is 8.19. The number of para-hydroxylation sites is 1. The highest BCUT2D eigenvalue weighted by atomic mass is 16.5. The van der Waals surface area contributed by atoms with Gasteiger partial charge < -0.3 is 20.4 Å². The quantitative estimate of drug-likeness (QED) is 0.477. The molecular formula is C19H23N5O. The first-order valence-electron chi connectivity index (χ1n) is 8.28. The fraction of sp³-hybridized carbons (Fsp3) is 0.263. The minimum atomic E-state index is 0.616. The summed E-state index contributed by atoms with van der Waals surface area (Å²) in [5.41, 5.74) is 3.55. The van der Waals surface area contributed by atoms with E-state index in [4.69, 9.17) is 4.74 Å². The van der Waals surface area contributed by atoms with Crippen molar-refractivity contribution in [1.29, 1.82) is 0 Å². The first-order chi connectivity index (χ1) is 12.3. The Bertz CT molecular complexity index is 838. The minimum Gasteiger partial charge on any atom is -0.481 e. The Hall–Kier alpha value is -3.02. The molecule has 25 heavy (non-hydrogen) atoms. The van der Waals surface area contributed by atoms with E-state index in [1.165, 1.54) is 16.5 Å². The van der Waals surface area contributed by atoms with Crippen molar-refractivity contribution in [3.8, 4) is 5.88 Å². The monoisotopic (exact) mass is 337 g/mol. The van der Waals surface area contributed by atoms with Crippen LogP contribution in [0.1, 0.15) is 11.1 Å². The molecule has 0 aliphatic carbocycles. The summed E-state index contributed by atoms with van der Waals surface area (Å²) in [6.07, 6.45) is 4.80. The van der Waals surface area contributed by atoms with Gasteiger partial charge in [0.15, 0.2) is 5.96 Å². The standard InChI is InChI=1S/C19H23N5O/c1-20-19(24-12-14-7-8-18(25-2)23-11-14)21-10-9-15-13-22-17-6-4-3-5-16(15)17/h3-8,11,13,22H,9-10,12H2,1-2H3,(H2,20,21,24).